The standard InChI is InChI=1S/C15H26N2O4/c1-4-17(3)14(21)11(2)16-12(18)9-15(10-13(19)20)7-5-6-8-15/h11H,4-10H2,1-3H3,(H,16,18)(H,19,20). The van der Waals surface area contributed by atoms with Crippen LogP contribution in [0.1, 0.15) is 52.4 Å². The van der Waals surface area contributed by atoms with E-state index < -0.39 is 17.4 Å². The van der Waals surface area contributed by atoms with Crippen LogP contribution in [0.5, 0.6) is 0 Å². The second kappa shape index (κ2) is 7.43. The second-order valence-electron chi connectivity index (χ2n) is 6.10. The highest BCUT2D eigenvalue weighted by atomic mass is 16.4. The van der Waals surface area contributed by atoms with Crippen molar-refractivity contribution in [1.29, 1.82) is 0 Å². The molecule has 120 valence electrons. The van der Waals surface area contributed by atoms with Gasteiger partial charge in [-0.1, -0.05) is 12.8 Å². The number of carbonyl (C=O) groups is 3. The van der Waals surface area contributed by atoms with Gasteiger partial charge in [-0.15, -0.1) is 0 Å². The molecule has 0 bridgehead atoms. The van der Waals surface area contributed by atoms with Gasteiger partial charge in [0.2, 0.25) is 11.8 Å². The quantitative estimate of drug-likeness (QED) is 0.743. The van der Waals surface area contributed by atoms with Crippen molar-refractivity contribution in [2.75, 3.05) is 13.6 Å². The van der Waals surface area contributed by atoms with E-state index in [0.717, 1.165) is 25.7 Å². The number of amides is 2. The summed E-state index contributed by atoms with van der Waals surface area (Å²) >= 11 is 0. The van der Waals surface area contributed by atoms with Crippen molar-refractivity contribution in [1.82, 2.24) is 10.2 Å². The van der Waals surface area contributed by atoms with Gasteiger partial charge in [0.1, 0.15) is 6.04 Å². The fourth-order valence-corrected chi connectivity index (χ4v) is 3.04. The Morgan fingerprint density at radius 2 is 1.81 bits per heavy atom. The molecule has 2 amide bonds. The number of rotatable bonds is 7. The molecule has 1 unspecified atom stereocenters. The first-order valence-corrected chi connectivity index (χ1v) is 7.56. The Hall–Kier alpha value is -1.59. The minimum Gasteiger partial charge on any atom is -0.481 e. The van der Waals surface area contributed by atoms with Gasteiger partial charge in [-0.05, 0) is 32.1 Å². The molecule has 0 aromatic heterocycles. The molecule has 1 fully saturated rings. The van der Waals surface area contributed by atoms with Crippen LogP contribution in [0.4, 0.5) is 0 Å². The van der Waals surface area contributed by atoms with Crippen molar-refractivity contribution in [2.45, 2.75) is 58.4 Å². The number of nitrogens with zero attached hydrogens (tertiary/aromatic N) is 1. The number of carboxylic acid groups (broad SMARTS) is 1. The monoisotopic (exact) mass is 298 g/mol. The molecule has 1 saturated carbocycles. The van der Waals surface area contributed by atoms with Crippen LogP contribution >= 0.6 is 0 Å². The third-order valence-electron chi connectivity index (χ3n) is 4.32. The Morgan fingerprint density at radius 3 is 2.29 bits per heavy atom. The van der Waals surface area contributed by atoms with Crippen molar-refractivity contribution < 1.29 is 19.5 Å². The molecule has 0 radical (unpaired) electrons. The first kappa shape index (κ1) is 17.5. The van der Waals surface area contributed by atoms with Gasteiger partial charge in [-0.2, -0.15) is 0 Å². The number of carbonyl (C=O) groups excluding carboxylic acids is 2. The van der Waals surface area contributed by atoms with E-state index in [9.17, 15) is 14.4 Å². The van der Waals surface area contributed by atoms with E-state index in [1.165, 1.54) is 0 Å². The number of hydrogen-bond acceptors (Lipinski definition) is 3. The smallest absolute Gasteiger partial charge is 0.303 e. The Balaban J connectivity index is 2.58. The minimum absolute atomic E-state index is 0.0254. The molecule has 0 spiro atoms. The van der Waals surface area contributed by atoms with Gasteiger partial charge >= 0.3 is 5.97 Å². The topological polar surface area (TPSA) is 86.7 Å². The fourth-order valence-electron chi connectivity index (χ4n) is 3.04. The summed E-state index contributed by atoms with van der Waals surface area (Å²) in [4.78, 5) is 36.6. The first-order chi connectivity index (χ1) is 9.79. The molecule has 0 aromatic carbocycles. The summed E-state index contributed by atoms with van der Waals surface area (Å²) in [5, 5.41) is 11.7. The third kappa shape index (κ3) is 5.02. The lowest BCUT2D eigenvalue weighted by atomic mass is 9.79. The Morgan fingerprint density at radius 1 is 1.24 bits per heavy atom. The average Bonchev–Trinajstić information content (AvgIpc) is 2.83. The third-order valence-corrected chi connectivity index (χ3v) is 4.32. The van der Waals surface area contributed by atoms with Gasteiger partial charge in [0.15, 0.2) is 0 Å². The van der Waals surface area contributed by atoms with Gasteiger partial charge in [-0.3, -0.25) is 14.4 Å². The molecule has 1 aliphatic carbocycles. The largest absolute Gasteiger partial charge is 0.481 e. The zero-order valence-electron chi connectivity index (χ0n) is 13.1. The Kier molecular flexibility index (Phi) is 6.18. The highest BCUT2D eigenvalue weighted by molar-refractivity contribution is 5.87. The minimum atomic E-state index is -0.862. The molecule has 21 heavy (non-hydrogen) atoms. The van der Waals surface area contributed by atoms with Crippen LogP contribution in [-0.4, -0.2) is 47.4 Å². The van der Waals surface area contributed by atoms with Crippen LogP contribution in [0, 0.1) is 5.41 Å². The molecule has 0 heterocycles. The van der Waals surface area contributed by atoms with E-state index in [1.54, 1.807) is 18.9 Å². The molecule has 6 heteroatoms. The SMILES string of the molecule is CCN(C)C(=O)C(C)NC(=O)CC1(CC(=O)O)CCCC1. The summed E-state index contributed by atoms with van der Waals surface area (Å²) in [5.41, 5.74) is -0.435. The zero-order valence-corrected chi connectivity index (χ0v) is 13.1. The second-order valence-corrected chi connectivity index (χ2v) is 6.10. The maximum atomic E-state index is 12.1. The Bertz CT molecular complexity index is 402. The molecular formula is C15H26N2O4. The maximum absolute atomic E-state index is 12.1. The summed E-state index contributed by atoms with van der Waals surface area (Å²) in [7, 11) is 1.69. The zero-order chi connectivity index (χ0) is 16.0. The van der Waals surface area contributed by atoms with E-state index in [4.69, 9.17) is 5.11 Å². The van der Waals surface area contributed by atoms with Gasteiger partial charge in [-0.25, -0.2) is 0 Å². The van der Waals surface area contributed by atoms with Gasteiger partial charge in [0.05, 0.1) is 6.42 Å². The van der Waals surface area contributed by atoms with Gasteiger partial charge in [0.25, 0.3) is 0 Å². The maximum Gasteiger partial charge on any atom is 0.303 e. The van der Waals surface area contributed by atoms with Crippen molar-refractivity contribution in [3.8, 4) is 0 Å². The lowest BCUT2D eigenvalue weighted by Gasteiger charge is -2.27. The van der Waals surface area contributed by atoms with E-state index in [0.29, 0.717) is 6.54 Å². The summed E-state index contributed by atoms with van der Waals surface area (Å²) in [6, 6.07) is -0.578. The summed E-state index contributed by atoms with van der Waals surface area (Å²) in [6.45, 7) is 4.11. The van der Waals surface area contributed by atoms with Crippen molar-refractivity contribution >= 4 is 17.8 Å². The van der Waals surface area contributed by atoms with Crippen LogP contribution in [0.15, 0.2) is 0 Å². The summed E-state index contributed by atoms with van der Waals surface area (Å²) < 4.78 is 0. The predicted octanol–water partition coefficient (Wildman–Crippen LogP) is 1.39. The molecular weight excluding hydrogens is 272 g/mol. The van der Waals surface area contributed by atoms with Crippen molar-refractivity contribution in [3.63, 3.8) is 0 Å². The van der Waals surface area contributed by atoms with Crippen LogP contribution in [0.25, 0.3) is 0 Å². The lowest BCUT2D eigenvalue weighted by Crippen LogP contribution is -2.46. The number of likely N-dealkylation sites (N-methyl/N-ethyl adjacent to an activating group) is 1. The molecule has 0 aliphatic heterocycles. The molecule has 1 aliphatic rings. The molecule has 2 N–H and O–H groups in total. The van der Waals surface area contributed by atoms with Crippen molar-refractivity contribution in [2.24, 2.45) is 5.41 Å². The van der Waals surface area contributed by atoms with E-state index in [2.05, 4.69) is 5.32 Å². The molecule has 1 atom stereocenters. The normalized spacial score (nSPS) is 18.0. The molecule has 0 aromatic rings. The van der Waals surface area contributed by atoms with Crippen LogP contribution in [0.2, 0.25) is 0 Å². The highest BCUT2D eigenvalue weighted by Gasteiger charge is 2.38. The van der Waals surface area contributed by atoms with E-state index in [-0.39, 0.29) is 24.7 Å². The lowest BCUT2D eigenvalue weighted by molar-refractivity contribution is -0.141. The van der Waals surface area contributed by atoms with Gasteiger partial charge in [0, 0.05) is 20.0 Å². The Labute approximate surface area is 125 Å². The van der Waals surface area contributed by atoms with E-state index in [1.807, 2.05) is 6.92 Å². The average molecular weight is 298 g/mol. The number of aliphatic carboxylic acids is 1. The molecule has 0 saturated heterocycles. The highest BCUT2D eigenvalue weighted by Crippen LogP contribution is 2.44. The van der Waals surface area contributed by atoms with Crippen LogP contribution in [-0.2, 0) is 14.4 Å². The molecule has 6 nitrogen and oxygen atoms in total. The van der Waals surface area contributed by atoms with Crippen LogP contribution < -0.4 is 5.32 Å². The first-order valence-electron chi connectivity index (χ1n) is 7.56. The van der Waals surface area contributed by atoms with Crippen LogP contribution in [0.3, 0.4) is 0 Å². The predicted molar refractivity (Wildman–Crippen MR) is 78.7 cm³/mol. The van der Waals surface area contributed by atoms with Crippen molar-refractivity contribution in [3.05, 3.63) is 0 Å². The van der Waals surface area contributed by atoms with E-state index >= 15 is 0 Å². The number of hydrogen-bond donors (Lipinski definition) is 2. The molecule has 1 rings (SSSR count). The number of nitrogens with one attached hydrogen (secondary N) is 1. The fraction of sp³-hybridized carbons (Fsp3) is 0.800. The summed E-state index contributed by atoms with van der Waals surface area (Å²) in [6.07, 6.45) is 3.68. The summed E-state index contributed by atoms with van der Waals surface area (Å²) in [5.74, 6) is -1.23. The van der Waals surface area contributed by atoms with Gasteiger partial charge < -0.3 is 15.3 Å². The number of carboxylic acids is 1.